The fourth-order valence-electron chi connectivity index (χ4n) is 4.08. The Bertz CT molecular complexity index is 766. The molecule has 0 amide bonds. The molecule has 6 nitrogen and oxygen atoms in total. The van der Waals surface area contributed by atoms with E-state index in [-0.39, 0.29) is 6.04 Å². The van der Waals surface area contributed by atoms with E-state index in [9.17, 15) is 13.0 Å². The Hall–Kier alpha value is -1.44. The molecule has 0 radical (unpaired) electrons. The smallest absolute Gasteiger partial charge is 0.234 e. The highest BCUT2D eigenvalue weighted by atomic mass is 32.2. The number of aryl methyl sites for hydroxylation is 3. The summed E-state index contributed by atoms with van der Waals surface area (Å²) in [5.74, 6) is 0. The van der Waals surface area contributed by atoms with E-state index in [2.05, 4.69) is 48.7 Å². The second-order valence-electron chi connectivity index (χ2n) is 7.32. The van der Waals surface area contributed by atoms with Crippen molar-refractivity contribution in [3.05, 3.63) is 34.4 Å². The van der Waals surface area contributed by atoms with Gasteiger partial charge in [0, 0.05) is 6.54 Å². The van der Waals surface area contributed by atoms with E-state index in [0.717, 1.165) is 36.8 Å². The van der Waals surface area contributed by atoms with E-state index in [4.69, 9.17) is 0 Å². The van der Waals surface area contributed by atoms with Crippen LogP contribution < -0.4 is 0 Å². The molecule has 2 aliphatic rings. The molecular formula is C18H27N3O3S. The van der Waals surface area contributed by atoms with Gasteiger partial charge in [0.25, 0.3) is 0 Å². The van der Waals surface area contributed by atoms with Gasteiger partial charge in [0.2, 0.25) is 6.34 Å². The monoisotopic (exact) mass is 365 g/mol. The van der Waals surface area contributed by atoms with Crippen LogP contribution in [0.3, 0.4) is 0 Å². The van der Waals surface area contributed by atoms with E-state index in [1.165, 1.54) is 22.3 Å². The molecule has 138 valence electrons. The van der Waals surface area contributed by atoms with Crippen LogP contribution in [0, 0.1) is 20.8 Å². The maximum absolute atomic E-state index is 11.4. The van der Waals surface area contributed by atoms with E-state index in [1.807, 2.05) is 0 Å². The molecular weight excluding hydrogens is 338 g/mol. The maximum Gasteiger partial charge on any atom is 0.234 e. The van der Waals surface area contributed by atoms with Crippen molar-refractivity contribution in [2.24, 2.45) is 0 Å². The summed E-state index contributed by atoms with van der Waals surface area (Å²) < 4.78 is 37.5. The SMILES string of the molecule is Cc1cc(C)c(C[N+]2=CN(C[C@@H]3CCCN3S(=O)(=O)[O-])CC2)c(C)c1. The number of benzene rings is 1. The second-order valence-corrected chi connectivity index (χ2v) is 8.65. The third-order valence-electron chi connectivity index (χ3n) is 5.26. The maximum atomic E-state index is 11.4. The fourth-order valence-corrected chi connectivity index (χ4v) is 4.97. The Morgan fingerprint density at radius 3 is 2.52 bits per heavy atom. The van der Waals surface area contributed by atoms with Crippen molar-refractivity contribution in [2.45, 2.75) is 46.2 Å². The number of nitrogens with zero attached hydrogens (tertiary/aromatic N) is 3. The Balaban J connectivity index is 1.67. The van der Waals surface area contributed by atoms with Gasteiger partial charge in [-0.1, -0.05) is 17.7 Å². The summed E-state index contributed by atoms with van der Waals surface area (Å²) in [5, 5.41) is 0. The first-order valence-corrected chi connectivity index (χ1v) is 10.2. The van der Waals surface area contributed by atoms with Crippen molar-refractivity contribution in [2.75, 3.05) is 26.2 Å². The lowest BCUT2D eigenvalue weighted by molar-refractivity contribution is -0.530. The summed E-state index contributed by atoms with van der Waals surface area (Å²) in [6, 6.07) is 4.23. The molecule has 25 heavy (non-hydrogen) atoms. The molecule has 1 aromatic rings. The fraction of sp³-hybridized carbons (Fsp3) is 0.611. The third kappa shape index (κ3) is 4.22. The molecule has 0 bridgehead atoms. The van der Waals surface area contributed by atoms with Crippen molar-refractivity contribution in [3.63, 3.8) is 0 Å². The molecule has 3 rings (SSSR count). The predicted octanol–water partition coefficient (Wildman–Crippen LogP) is 1.39. The van der Waals surface area contributed by atoms with Gasteiger partial charge >= 0.3 is 0 Å². The average Bonchev–Trinajstić information content (AvgIpc) is 3.12. The second kappa shape index (κ2) is 7.05. The molecule has 1 atom stereocenters. The molecule has 7 heteroatoms. The number of hydrogen-bond donors (Lipinski definition) is 0. The van der Waals surface area contributed by atoms with Gasteiger partial charge in [0.05, 0.1) is 6.04 Å². The van der Waals surface area contributed by atoms with E-state index in [1.54, 1.807) is 0 Å². The Morgan fingerprint density at radius 2 is 1.88 bits per heavy atom. The molecule has 0 N–H and O–H groups in total. The van der Waals surface area contributed by atoms with Gasteiger partial charge in [0.1, 0.15) is 26.2 Å². The van der Waals surface area contributed by atoms with Crippen LogP contribution in [-0.4, -0.2) is 65.3 Å². The molecule has 0 aromatic heterocycles. The lowest BCUT2D eigenvalue weighted by Gasteiger charge is -2.26. The Morgan fingerprint density at radius 1 is 1.20 bits per heavy atom. The largest absolute Gasteiger partial charge is 0.735 e. The zero-order chi connectivity index (χ0) is 18.2. The zero-order valence-electron chi connectivity index (χ0n) is 15.2. The van der Waals surface area contributed by atoms with E-state index >= 15 is 0 Å². The van der Waals surface area contributed by atoms with Gasteiger partial charge in [0.15, 0.2) is 10.3 Å². The molecule has 2 aliphatic heterocycles. The minimum Gasteiger partial charge on any atom is -0.735 e. The van der Waals surface area contributed by atoms with Gasteiger partial charge in [-0.15, -0.1) is 0 Å². The van der Waals surface area contributed by atoms with E-state index in [0.29, 0.717) is 13.1 Å². The van der Waals surface area contributed by atoms with Crippen LogP contribution in [0.25, 0.3) is 0 Å². The van der Waals surface area contributed by atoms with Gasteiger partial charge in [-0.05, 0) is 50.3 Å². The van der Waals surface area contributed by atoms with Gasteiger partial charge in [-0.2, -0.15) is 0 Å². The highest BCUT2D eigenvalue weighted by molar-refractivity contribution is 7.83. The van der Waals surface area contributed by atoms with E-state index < -0.39 is 10.3 Å². The predicted molar refractivity (Wildman–Crippen MR) is 96.5 cm³/mol. The molecule has 1 saturated heterocycles. The van der Waals surface area contributed by atoms with Crippen LogP contribution in [0.4, 0.5) is 0 Å². The quantitative estimate of drug-likeness (QED) is 0.584. The lowest BCUT2D eigenvalue weighted by Crippen LogP contribution is -2.42. The van der Waals surface area contributed by atoms with Gasteiger partial charge in [-0.25, -0.2) is 12.7 Å². The van der Waals surface area contributed by atoms with Crippen LogP contribution in [0.15, 0.2) is 12.1 Å². The topological polar surface area (TPSA) is 66.7 Å². The van der Waals surface area contributed by atoms with Crippen molar-refractivity contribution in [1.82, 2.24) is 9.21 Å². The third-order valence-corrected chi connectivity index (χ3v) is 6.31. The number of hydrogen-bond acceptors (Lipinski definition) is 4. The van der Waals surface area contributed by atoms with Gasteiger partial charge < -0.3 is 4.55 Å². The Labute approximate surface area is 150 Å². The van der Waals surface area contributed by atoms with Crippen LogP contribution >= 0.6 is 0 Å². The van der Waals surface area contributed by atoms with Crippen LogP contribution in [-0.2, 0) is 16.8 Å². The first kappa shape index (κ1) is 18.4. The highest BCUT2D eigenvalue weighted by Crippen LogP contribution is 2.22. The van der Waals surface area contributed by atoms with Crippen molar-refractivity contribution in [3.8, 4) is 0 Å². The van der Waals surface area contributed by atoms with Gasteiger partial charge in [-0.3, -0.25) is 9.48 Å². The standard InChI is InChI=1S/C18H27N3O3S/c1-14-9-15(2)18(16(3)10-14)12-20-8-7-19(13-20)11-17-5-4-6-21(17)25(22,23)24/h9-10,13,17H,4-8,11-12H2,1-3H3/t17-/m0/s1. The summed E-state index contributed by atoms with van der Waals surface area (Å²) >= 11 is 0. The molecule has 0 aliphatic carbocycles. The average molecular weight is 365 g/mol. The van der Waals surface area contributed by atoms with Crippen molar-refractivity contribution < 1.29 is 17.5 Å². The molecule has 1 fully saturated rings. The van der Waals surface area contributed by atoms with Crippen LogP contribution in [0.5, 0.6) is 0 Å². The summed E-state index contributed by atoms with van der Waals surface area (Å²) in [7, 11) is -4.34. The molecule has 1 aromatic carbocycles. The highest BCUT2D eigenvalue weighted by Gasteiger charge is 2.33. The molecule has 2 heterocycles. The lowest BCUT2D eigenvalue weighted by atomic mass is 10.00. The van der Waals surface area contributed by atoms with Crippen LogP contribution in [0.1, 0.15) is 35.1 Å². The minimum atomic E-state index is -4.34. The molecule has 0 unspecified atom stereocenters. The van der Waals surface area contributed by atoms with Crippen molar-refractivity contribution >= 4 is 16.6 Å². The summed E-state index contributed by atoms with van der Waals surface area (Å²) in [6.45, 7) is 10.0. The van der Waals surface area contributed by atoms with Crippen molar-refractivity contribution in [1.29, 1.82) is 0 Å². The zero-order valence-corrected chi connectivity index (χ0v) is 16.1. The normalized spacial score (nSPS) is 21.8. The molecule has 0 spiro atoms. The first-order chi connectivity index (χ1) is 11.7. The summed E-state index contributed by atoms with van der Waals surface area (Å²) in [5.41, 5.74) is 5.26. The first-order valence-electron chi connectivity index (χ1n) is 8.86. The Kier molecular flexibility index (Phi) is 5.18. The summed E-state index contributed by atoms with van der Waals surface area (Å²) in [6.07, 6.45) is 3.63. The van der Waals surface area contributed by atoms with Crippen LogP contribution in [0.2, 0.25) is 0 Å². The molecule has 0 saturated carbocycles. The summed E-state index contributed by atoms with van der Waals surface area (Å²) in [4.78, 5) is 2.15. The number of rotatable bonds is 5. The minimum absolute atomic E-state index is 0.193.